The van der Waals surface area contributed by atoms with Gasteiger partial charge in [-0.1, -0.05) is 36.4 Å². The van der Waals surface area contributed by atoms with Gasteiger partial charge in [0.1, 0.15) is 5.75 Å². The zero-order valence-corrected chi connectivity index (χ0v) is 17.3. The first kappa shape index (κ1) is 20.0. The van der Waals surface area contributed by atoms with Crippen molar-refractivity contribution in [2.24, 2.45) is 0 Å². The van der Waals surface area contributed by atoms with E-state index in [9.17, 15) is 4.79 Å². The lowest BCUT2D eigenvalue weighted by Gasteiger charge is -2.38. The molecule has 0 saturated carbocycles. The van der Waals surface area contributed by atoms with Crippen LogP contribution in [0.1, 0.15) is 49.3 Å². The predicted molar refractivity (Wildman–Crippen MR) is 114 cm³/mol. The summed E-state index contributed by atoms with van der Waals surface area (Å²) in [5.41, 5.74) is 3.99. The van der Waals surface area contributed by atoms with Gasteiger partial charge in [-0.25, -0.2) is 0 Å². The summed E-state index contributed by atoms with van der Waals surface area (Å²) in [4.78, 5) is 12.8. The number of hydrogen-bond donors (Lipinski definition) is 1. The van der Waals surface area contributed by atoms with Crippen molar-refractivity contribution >= 4 is 5.91 Å². The lowest BCUT2D eigenvalue weighted by Crippen LogP contribution is -2.47. The van der Waals surface area contributed by atoms with Crippen LogP contribution in [-0.4, -0.2) is 31.8 Å². The maximum atomic E-state index is 12.8. The SMILES string of the molecule is C[C@@H](Oc1ccc2c(c1)CCCC2)C(=O)NCC1(c2ccccc2)CCOCC1. The first-order valence-corrected chi connectivity index (χ1v) is 10.9. The van der Waals surface area contributed by atoms with E-state index in [0.29, 0.717) is 6.54 Å². The number of hydrogen-bond acceptors (Lipinski definition) is 3. The van der Waals surface area contributed by atoms with E-state index in [0.717, 1.165) is 44.6 Å². The van der Waals surface area contributed by atoms with Gasteiger partial charge >= 0.3 is 0 Å². The molecule has 0 radical (unpaired) electrons. The van der Waals surface area contributed by atoms with Gasteiger partial charge in [0.15, 0.2) is 6.10 Å². The van der Waals surface area contributed by atoms with E-state index in [4.69, 9.17) is 9.47 Å². The molecule has 154 valence electrons. The maximum Gasteiger partial charge on any atom is 0.260 e. The number of nitrogens with one attached hydrogen (secondary N) is 1. The molecule has 2 aliphatic rings. The summed E-state index contributed by atoms with van der Waals surface area (Å²) in [6.07, 6.45) is 6.06. The van der Waals surface area contributed by atoms with Crippen LogP contribution in [0, 0.1) is 0 Å². The maximum absolute atomic E-state index is 12.8. The highest BCUT2D eigenvalue weighted by Crippen LogP contribution is 2.34. The summed E-state index contributed by atoms with van der Waals surface area (Å²) in [5, 5.41) is 3.15. The minimum Gasteiger partial charge on any atom is -0.481 e. The van der Waals surface area contributed by atoms with E-state index in [1.54, 1.807) is 0 Å². The second kappa shape index (κ2) is 9.00. The standard InChI is InChI=1S/C25H31NO3/c1-19(29-23-12-11-20-7-5-6-8-21(20)17-23)24(27)26-18-25(13-15-28-16-14-25)22-9-3-2-4-10-22/h2-4,9-12,17,19H,5-8,13-16,18H2,1H3,(H,26,27)/t19-/m1/s1. The second-order valence-corrected chi connectivity index (χ2v) is 8.37. The molecule has 4 rings (SSSR count). The van der Waals surface area contributed by atoms with Crippen molar-refractivity contribution in [3.05, 3.63) is 65.2 Å². The van der Waals surface area contributed by atoms with Gasteiger partial charge in [0, 0.05) is 25.2 Å². The average Bonchev–Trinajstić information content (AvgIpc) is 2.78. The average molecular weight is 394 g/mol. The molecule has 2 aromatic rings. The van der Waals surface area contributed by atoms with Crippen molar-refractivity contribution in [1.29, 1.82) is 0 Å². The van der Waals surface area contributed by atoms with Gasteiger partial charge in [0.2, 0.25) is 0 Å². The molecule has 4 heteroatoms. The second-order valence-electron chi connectivity index (χ2n) is 8.37. The predicted octanol–water partition coefficient (Wildman–Crippen LogP) is 4.20. The van der Waals surface area contributed by atoms with Gasteiger partial charge in [-0.2, -0.15) is 0 Å². The van der Waals surface area contributed by atoms with Gasteiger partial charge in [0.05, 0.1) is 0 Å². The quantitative estimate of drug-likeness (QED) is 0.800. The van der Waals surface area contributed by atoms with E-state index in [-0.39, 0.29) is 11.3 Å². The van der Waals surface area contributed by atoms with Crippen LogP contribution >= 0.6 is 0 Å². The van der Waals surface area contributed by atoms with Crippen LogP contribution < -0.4 is 10.1 Å². The monoisotopic (exact) mass is 393 g/mol. The van der Waals surface area contributed by atoms with Crippen LogP contribution in [0.15, 0.2) is 48.5 Å². The van der Waals surface area contributed by atoms with Crippen molar-refractivity contribution < 1.29 is 14.3 Å². The highest BCUT2D eigenvalue weighted by Gasteiger charge is 2.35. The lowest BCUT2D eigenvalue weighted by molar-refractivity contribution is -0.127. The fourth-order valence-corrected chi connectivity index (χ4v) is 4.56. The summed E-state index contributed by atoms with van der Waals surface area (Å²) in [5.74, 6) is 0.724. The fourth-order valence-electron chi connectivity index (χ4n) is 4.56. The lowest BCUT2D eigenvalue weighted by atomic mass is 9.74. The van der Waals surface area contributed by atoms with E-state index >= 15 is 0 Å². The van der Waals surface area contributed by atoms with E-state index in [1.165, 1.54) is 29.5 Å². The molecule has 1 heterocycles. The van der Waals surface area contributed by atoms with Gasteiger partial charge in [-0.05, 0) is 74.3 Å². The molecule has 1 aliphatic heterocycles. The summed E-state index contributed by atoms with van der Waals surface area (Å²) >= 11 is 0. The summed E-state index contributed by atoms with van der Waals surface area (Å²) in [6.45, 7) is 3.89. The van der Waals surface area contributed by atoms with Crippen LogP contribution in [0.25, 0.3) is 0 Å². The number of ether oxygens (including phenoxy) is 2. The number of aryl methyl sites for hydroxylation is 2. The molecule has 4 nitrogen and oxygen atoms in total. The number of carbonyl (C=O) groups excluding carboxylic acids is 1. The fraction of sp³-hybridized carbons (Fsp3) is 0.480. The molecule has 29 heavy (non-hydrogen) atoms. The molecular formula is C25H31NO3. The van der Waals surface area contributed by atoms with Crippen LogP contribution in [-0.2, 0) is 27.8 Å². The first-order valence-electron chi connectivity index (χ1n) is 10.9. The molecule has 1 saturated heterocycles. The third kappa shape index (κ3) is 4.64. The largest absolute Gasteiger partial charge is 0.481 e. The third-order valence-corrected chi connectivity index (χ3v) is 6.44. The Morgan fingerprint density at radius 2 is 1.79 bits per heavy atom. The number of amides is 1. The molecule has 1 atom stereocenters. The zero-order chi connectivity index (χ0) is 20.1. The van der Waals surface area contributed by atoms with Gasteiger partial charge in [0.25, 0.3) is 5.91 Å². The number of fused-ring (bicyclic) bond motifs is 1. The summed E-state index contributed by atoms with van der Waals surface area (Å²) < 4.78 is 11.6. The molecule has 0 unspecified atom stereocenters. The minimum absolute atomic E-state index is 0.0653. The van der Waals surface area contributed by atoms with E-state index in [2.05, 4.69) is 41.7 Å². The van der Waals surface area contributed by atoms with Crippen molar-refractivity contribution in [1.82, 2.24) is 5.32 Å². The van der Waals surface area contributed by atoms with Crippen LogP contribution in [0.3, 0.4) is 0 Å². The van der Waals surface area contributed by atoms with Gasteiger partial charge in [-0.15, -0.1) is 0 Å². The van der Waals surface area contributed by atoms with Crippen molar-refractivity contribution in [3.63, 3.8) is 0 Å². The Bertz CT molecular complexity index is 827. The number of carbonyl (C=O) groups is 1. The molecule has 0 spiro atoms. The molecular weight excluding hydrogens is 362 g/mol. The molecule has 0 aromatic heterocycles. The Morgan fingerprint density at radius 3 is 2.55 bits per heavy atom. The molecule has 0 bridgehead atoms. The molecule has 1 fully saturated rings. The number of benzene rings is 2. The van der Waals surface area contributed by atoms with Crippen molar-refractivity contribution in [3.8, 4) is 5.75 Å². The van der Waals surface area contributed by atoms with E-state index in [1.807, 2.05) is 19.1 Å². The van der Waals surface area contributed by atoms with Crippen LogP contribution in [0.5, 0.6) is 5.75 Å². The normalized spacial score (nSPS) is 19.1. The van der Waals surface area contributed by atoms with E-state index < -0.39 is 6.10 Å². The Kier molecular flexibility index (Phi) is 6.19. The molecule has 2 aromatic carbocycles. The summed E-state index contributed by atoms with van der Waals surface area (Å²) in [6, 6.07) is 16.7. The van der Waals surface area contributed by atoms with Crippen LogP contribution in [0.2, 0.25) is 0 Å². The first-order chi connectivity index (χ1) is 14.2. The highest BCUT2D eigenvalue weighted by atomic mass is 16.5. The van der Waals surface area contributed by atoms with Gasteiger partial charge in [-0.3, -0.25) is 4.79 Å². The Balaban J connectivity index is 1.39. The summed E-state index contributed by atoms with van der Waals surface area (Å²) in [7, 11) is 0. The minimum atomic E-state index is -0.524. The topological polar surface area (TPSA) is 47.6 Å². The Labute approximate surface area is 173 Å². The van der Waals surface area contributed by atoms with Crippen molar-refractivity contribution in [2.75, 3.05) is 19.8 Å². The van der Waals surface area contributed by atoms with Gasteiger partial charge < -0.3 is 14.8 Å². The number of rotatable bonds is 6. The smallest absolute Gasteiger partial charge is 0.260 e. The Hall–Kier alpha value is -2.33. The van der Waals surface area contributed by atoms with Crippen molar-refractivity contribution in [2.45, 2.75) is 57.0 Å². The van der Waals surface area contributed by atoms with Crippen LogP contribution in [0.4, 0.5) is 0 Å². The molecule has 1 N–H and O–H groups in total. The molecule has 1 aliphatic carbocycles. The Morgan fingerprint density at radius 1 is 1.07 bits per heavy atom. The highest BCUT2D eigenvalue weighted by molar-refractivity contribution is 5.80. The zero-order valence-electron chi connectivity index (χ0n) is 17.3. The molecule has 1 amide bonds. The third-order valence-electron chi connectivity index (χ3n) is 6.44.